The van der Waals surface area contributed by atoms with E-state index in [-0.39, 0.29) is 0 Å². The lowest BCUT2D eigenvalue weighted by Crippen LogP contribution is -2.45. The molecular weight excluding hydrogens is 174 g/mol. The predicted octanol–water partition coefficient (Wildman–Crippen LogP) is 2.83. The predicted molar refractivity (Wildman–Crippen MR) is 62.6 cm³/mol. The van der Waals surface area contributed by atoms with Crippen molar-refractivity contribution in [2.75, 3.05) is 13.2 Å². The zero-order chi connectivity index (χ0) is 11.0. The Hall–Kier alpha value is -0.0800. The van der Waals surface area contributed by atoms with E-state index in [2.05, 4.69) is 39.9 Å². The minimum Gasteiger partial charge on any atom is -0.377 e. The van der Waals surface area contributed by atoms with Gasteiger partial charge in [-0.2, -0.15) is 0 Å². The summed E-state index contributed by atoms with van der Waals surface area (Å²) in [6.07, 6.45) is 2.78. The summed E-state index contributed by atoms with van der Waals surface area (Å²) in [4.78, 5) is 0. The molecule has 0 fully saturated rings. The van der Waals surface area contributed by atoms with Gasteiger partial charge in [-0.1, -0.05) is 33.6 Å². The molecule has 0 aromatic carbocycles. The van der Waals surface area contributed by atoms with Crippen LogP contribution in [0.25, 0.3) is 0 Å². The molecule has 0 radical (unpaired) electrons. The van der Waals surface area contributed by atoms with Gasteiger partial charge in [0.1, 0.15) is 0 Å². The van der Waals surface area contributed by atoms with Gasteiger partial charge in [0.2, 0.25) is 0 Å². The monoisotopic (exact) mass is 201 g/mol. The van der Waals surface area contributed by atoms with E-state index >= 15 is 0 Å². The van der Waals surface area contributed by atoms with Gasteiger partial charge in [-0.25, -0.2) is 0 Å². The van der Waals surface area contributed by atoms with Crippen LogP contribution in [0.3, 0.4) is 0 Å². The fourth-order valence-electron chi connectivity index (χ4n) is 2.11. The normalized spacial score (nSPS) is 15.9. The first-order chi connectivity index (χ1) is 6.71. The molecule has 0 aliphatic heterocycles. The molecule has 2 unspecified atom stereocenters. The third-order valence-corrected chi connectivity index (χ3v) is 2.93. The van der Waals surface area contributed by atoms with Crippen LogP contribution >= 0.6 is 0 Å². The van der Waals surface area contributed by atoms with Crippen molar-refractivity contribution >= 4 is 0 Å². The van der Waals surface area contributed by atoms with Gasteiger partial charge >= 0.3 is 0 Å². The molecule has 2 nitrogen and oxygen atoms in total. The van der Waals surface area contributed by atoms with E-state index in [4.69, 9.17) is 4.74 Å². The van der Waals surface area contributed by atoms with Crippen molar-refractivity contribution < 1.29 is 4.74 Å². The van der Waals surface area contributed by atoms with Crippen molar-refractivity contribution in [1.82, 2.24) is 5.32 Å². The van der Waals surface area contributed by atoms with Crippen LogP contribution in [0.15, 0.2) is 0 Å². The highest BCUT2D eigenvalue weighted by Crippen LogP contribution is 2.17. The first-order valence-corrected chi connectivity index (χ1v) is 6.06. The molecule has 86 valence electrons. The van der Waals surface area contributed by atoms with Gasteiger partial charge in [0.05, 0.1) is 6.10 Å². The Balaban J connectivity index is 4.23. The van der Waals surface area contributed by atoms with Crippen LogP contribution in [-0.2, 0) is 4.74 Å². The van der Waals surface area contributed by atoms with Crippen molar-refractivity contribution in [2.24, 2.45) is 5.92 Å². The van der Waals surface area contributed by atoms with Crippen molar-refractivity contribution in [2.45, 2.75) is 59.6 Å². The fourth-order valence-corrected chi connectivity index (χ4v) is 2.11. The van der Waals surface area contributed by atoms with Crippen molar-refractivity contribution in [3.8, 4) is 0 Å². The summed E-state index contributed by atoms with van der Waals surface area (Å²) in [5, 5.41) is 3.54. The molecule has 0 aliphatic rings. The minimum atomic E-state index is 0.324. The number of nitrogens with one attached hydrogen (secondary N) is 1. The van der Waals surface area contributed by atoms with Crippen LogP contribution in [0.5, 0.6) is 0 Å². The Kier molecular flexibility index (Phi) is 8.20. The summed E-state index contributed by atoms with van der Waals surface area (Å²) in [6, 6.07) is 0.509. The first-order valence-electron chi connectivity index (χ1n) is 6.06. The number of likely N-dealkylation sites (N-methyl/N-ethyl adjacent to an activating group) is 1. The third-order valence-electron chi connectivity index (χ3n) is 2.93. The van der Waals surface area contributed by atoms with E-state index in [1.165, 1.54) is 12.8 Å². The van der Waals surface area contributed by atoms with Crippen molar-refractivity contribution in [3.63, 3.8) is 0 Å². The molecular formula is C12H27NO. The second kappa shape index (κ2) is 8.25. The summed E-state index contributed by atoms with van der Waals surface area (Å²) in [5.41, 5.74) is 0. The van der Waals surface area contributed by atoms with E-state index < -0.39 is 0 Å². The Labute approximate surface area is 89.4 Å². The van der Waals surface area contributed by atoms with E-state index in [1.807, 2.05) is 0 Å². The quantitative estimate of drug-likeness (QED) is 0.652. The second-order valence-corrected chi connectivity index (χ2v) is 3.82. The molecule has 0 aromatic rings. The number of hydrogen-bond donors (Lipinski definition) is 1. The molecule has 0 saturated heterocycles. The van der Waals surface area contributed by atoms with Crippen LogP contribution < -0.4 is 5.32 Å². The molecule has 1 N–H and O–H groups in total. The molecule has 0 aliphatic carbocycles. The first kappa shape index (κ1) is 13.9. The van der Waals surface area contributed by atoms with Crippen LogP contribution in [0.1, 0.15) is 47.5 Å². The van der Waals surface area contributed by atoms with E-state index in [0.717, 1.165) is 19.1 Å². The van der Waals surface area contributed by atoms with Gasteiger partial charge in [-0.15, -0.1) is 0 Å². The maximum Gasteiger partial charge on any atom is 0.0702 e. The number of rotatable bonds is 8. The zero-order valence-electron chi connectivity index (χ0n) is 10.5. The molecule has 0 saturated carbocycles. The van der Waals surface area contributed by atoms with Gasteiger partial charge in [0.15, 0.2) is 0 Å². The van der Waals surface area contributed by atoms with Gasteiger partial charge in [0, 0.05) is 12.6 Å². The lowest BCUT2D eigenvalue weighted by molar-refractivity contribution is 0.0290. The molecule has 14 heavy (non-hydrogen) atoms. The topological polar surface area (TPSA) is 21.3 Å². The third kappa shape index (κ3) is 4.43. The summed E-state index contributed by atoms with van der Waals surface area (Å²) < 4.78 is 5.68. The van der Waals surface area contributed by atoms with E-state index in [1.54, 1.807) is 0 Å². The largest absolute Gasteiger partial charge is 0.377 e. The summed E-state index contributed by atoms with van der Waals surface area (Å²) >= 11 is 0. The molecule has 0 rings (SSSR count). The highest BCUT2D eigenvalue weighted by Gasteiger charge is 2.23. The lowest BCUT2D eigenvalue weighted by Gasteiger charge is -2.31. The Morgan fingerprint density at radius 1 is 1.07 bits per heavy atom. The van der Waals surface area contributed by atoms with Crippen molar-refractivity contribution in [3.05, 3.63) is 0 Å². The van der Waals surface area contributed by atoms with E-state index in [9.17, 15) is 0 Å². The lowest BCUT2D eigenvalue weighted by atomic mass is 9.90. The fraction of sp³-hybridized carbons (Fsp3) is 1.00. The smallest absolute Gasteiger partial charge is 0.0702 e. The zero-order valence-corrected chi connectivity index (χ0v) is 10.5. The summed E-state index contributed by atoms with van der Waals surface area (Å²) in [6.45, 7) is 12.8. The van der Waals surface area contributed by atoms with Gasteiger partial charge in [-0.3, -0.25) is 0 Å². The van der Waals surface area contributed by atoms with Crippen LogP contribution in [-0.4, -0.2) is 25.3 Å². The van der Waals surface area contributed by atoms with Crippen LogP contribution in [0, 0.1) is 5.92 Å². The molecule has 0 spiro atoms. The SMILES string of the molecule is CCNC(C(CC)CC)C(C)OCC. The van der Waals surface area contributed by atoms with Crippen LogP contribution in [0.2, 0.25) is 0 Å². The molecule has 0 aromatic heterocycles. The van der Waals surface area contributed by atoms with Gasteiger partial charge in [0.25, 0.3) is 0 Å². The Morgan fingerprint density at radius 3 is 2.00 bits per heavy atom. The molecule has 2 atom stereocenters. The average Bonchev–Trinajstić information content (AvgIpc) is 2.18. The maximum atomic E-state index is 5.68. The summed E-state index contributed by atoms with van der Waals surface area (Å²) in [7, 11) is 0. The Morgan fingerprint density at radius 2 is 1.64 bits per heavy atom. The number of ether oxygens (including phenoxy) is 1. The molecule has 0 heterocycles. The Bertz CT molecular complexity index is 123. The second-order valence-electron chi connectivity index (χ2n) is 3.82. The average molecular weight is 201 g/mol. The van der Waals surface area contributed by atoms with E-state index in [0.29, 0.717) is 12.1 Å². The number of hydrogen-bond acceptors (Lipinski definition) is 2. The highest BCUT2D eigenvalue weighted by molar-refractivity contribution is 4.80. The highest BCUT2D eigenvalue weighted by atomic mass is 16.5. The van der Waals surface area contributed by atoms with Crippen molar-refractivity contribution in [1.29, 1.82) is 0 Å². The van der Waals surface area contributed by atoms with Gasteiger partial charge < -0.3 is 10.1 Å². The molecule has 0 amide bonds. The summed E-state index contributed by atoms with van der Waals surface area (Å²) in [5.74, 6) is 0.733. The van der Waals surface area contributed by atoms with Crippen LogP contribution in [0.4, 0.5) is 0 Å². The van der Waals surface area contributed by atoms with Gasteiger partial charge in [-0.05, 0) is 26.3 Å². The molecule has 0 bridgehead atoms. The maximum absolute atomic E-state index is 5.68. The standard InChI is InChI=1S/C12H27NO/c1-6-11(7-2)12(13-8-3)10(5)14-9-4/h10-13H,6-9H2,1-5H3. The minimum absolute atomic E-state index is 0.324. The molecule has 2 heteroatoms.